The third kappa shape index (κ3) is 13.4. The van der Waals surface area contributed by atoms with Gasteiger partial charge in [-0.3, -0.25) is 4.55 Å². The van der Waals surface area contributed by atoms with Crippen LogP contribution in [-0.4, -0.2) is 54.9 Å². The molecule has 0 saturated carbocycles. The second kappa shape index (κ2) is 7.12. The van der Waals surface area contributed by atoms with E-state index in [9.17, 15) is 8.42 Å². The van der Waals surface area contributed by atoms with Crippen LogP contribution in [0.3, 0.4) is 0 Å². The van der Waals surface area contributed by atoms with Crippen LogP contribution >= 0.6 is 0 Å². The molecule has 0 unspecified atom stereocenters. The van der Waals surface area contributed by atoms with Crippen molar-refractivity contribution in [3.63, 3.8) is 0 Å². The van der Waals surface area contributed by atoms with Crippen molar-refractivity contribution in [2.75, 3.05) is 12.4 Å². The van der Waals surface area contributed by atoms with Gasteiger partial charge >= 0.3 is 29.6 Å². The predicted octanol–water partition coefficient (Wildman–Crippen LogP) is -0.224. The van der Waals surface area contributed by atoms with Gasteiger partial charge in [-0.2, -0.15) is 8.42 Å². The van der Waals surface area contributed by atoms with Crippen LogP contribution < -0.4 is 0 Å². The van der Waals surface area contributed by atoms with Crippen molar-refractivity contribution in [2.45, 2.75) is 6.42 Å². The topological polar surface area (TPSA) is 63.6 Å². The Morgan fingerprint density at radius 2 is 2.09 bits per heavy atom. The van der Waals surface area contributed by atoms with Crippen LogP contribution in [0.5, 0.6) is 0 Å². The van der Waals surface area contributed by atoms with Crippen LogP contribution in [0.2, 0.25) is 0 Å². The zero-order valence-corrected chi connectivity index (χ0v) is 6.30. The van der Waals surface area contributed by atoms with Gasteiger partial charge < -0.3 is 4.74 Å². The average molecular weight is 190 g/mol. The molecule has 0 bridgehead atoms. The second-order valence-electron chi connectivity index (χ2n) is 1.68. The summed E-state index contributed by atoms with van der Waals surface area (Å²) in [5.41, 5.74) is 0. The molecule has 0 aliphatic rings. The minimum absolute atomic E-state index is 0. The van der Waals surface area contributed by atoms with E-state index in [1.165, 1.54) is 6.26 Å². The van der Waals surface area contributed by atoms with E-state index < -0.39 is 10.1 Å². The fourth-order valence-electron chi connectivity index (χ4n) is 0.408. The van der Waals surface area contributed by atoms with Crippen molar-refractivity contribution in [1.82, 2.24) is 0 Å². The van der Waals surface area contributed by atoms with Crippen LogP contribution in [-0.2, 0) is 14.9 Å². The molecule has 62 valence electrons. The third-order valence-corrected chi connectivity index (χ3v) is 1.59. The standard InChI is InChI=1S/C5H10O4S.Na.H/c1-2-9-4-3-5-10(6,7)8;;/h2H,1,3-5H2,(H,6,7,8);;. The van der Waals surface area contributed by atoms with E-state index in [1.807, 2.05) is 0 Å². The molecule has 0 aromatic rings. The van der Waals surface area contributed by atoms with E-state index >= 15 is 0 Å². The second-order valence-corrected chi connectivity index (χ2v) is 3.25. The van der Waals surface area contributed by atoms with Gasteiger partial charge in [0.05, 0.1) is 18.6 Å². The van der Waals surface area contributed by atoms with Crippen LogP contribution in [0.1, 0.15) is 6.42 Å². The maximum atomic E-state index is 10.1. The van der Waals surface area contributed by atoms with Gasteiger partial charge in [-0.25, -0.2) is 0 Å². The first-order valence-electron chi connectivity index (χ1n) is 2.74. The van der Waals surface area contributed by atoms with E-state index in [4.69, 9.17) is 4.55 Å². The Balaban J connectivity index is 0. The van der Waals surface area contributed by atoms with Crippen molar-refractivity contribution in [2.24, 2.45) is 0 Å². The molecule has 0 radical (unpaired) electrons. The molecule has 0 spiro atoms. The molecule has 0 rings (SSSR count). The van der Waals surface area contributed by atoms with Gasteiger partial charge in [-0.05, 0) is 6.42 Å². The first-order valence-corrected chi connectivity index (χ1v) is 4.35. The molecule has 0 aromatic heterocycles. The molecule has 0 fully saturated rings. The van der Waals surface area contributed by atoms with Gasteiger partial charge in [0, 0.05) is 0 Å². The summed E-state index contributed by atoms with van der Waals surface area (Å²) in [7, 11) is -3.82. The van der Waals surface area contributed by atoms with E-state index in [2.05, 4.69) is 11.3 Å². The Morgan fingerprint density at radius 3 is 2.45 bits per heavy atom. The molecule has 0 aliphatic carbocycles. The van der Waals surface area contributed by atoms with Crippen molar-refractivity contribution in [1.29, 1.82) is 0 Å². The number of rotatable bonds is 5. The van der Waals surface area contributed by atoms with Gasteiger partial charge in [-0.15, -0.1) is 0 Å². The Morgan fingerprint density at radius 1 is 1.55 bits per heavy atom. The molecule has 0 atom stereocenters. The van der Waals surface area contributed by atoms with Gasteiger partial charge in [0.1, 0.15) is 0 Å². The zero-order valence-electron chi connectivity index (χ0n) is 5.49. The van der Waals surface area contributed by atoms with Gasteiger partial charge in [0.2, 0.25) is 0 Å². The first kappa shape index (κ1) is 14.0. The molecule has 0 saturated heterocycles. The summed E-state index contributed by atoms with van der Waals surface area (Å²) in [6.45, 7) is 3.53. The van der Waals surface area contributed by atoms with E-state index in [-0.39, 0.29) is 48.3 Å². The third-order valence-electron chi connectivity index (χ3n) is 0.782. The van der Waals surface area contributed by atoms with Crippen molar-refractivity contribution in [3.05, 3.63) is 12.8 Å². The van der Waals surface area contributed by atoms with Crippen LogP contribution in [0.4, 0.5) is 0 Å². The molecular formula is C5H11NaO4S. The summed E-state index contributed by atoms with van der Waals surface area (Å²) < 4.78 is 33.0. The van der Waals surface area contributed by atoms with Crippen molar-refractivity contribution in [3.8, 4) is 0 Å². The molecule has 6 heteroatoms. The van der Waals surface area contributed by atoms with Crippen LogP contribution in [0.25, 0.3) is 0 Å². The molecular weight excluding hydrogens is 179 g/mol. The molecule has 0 aliphatic heterocycles. The molecule has 11 heavy (non-hydrogen) atoms. The summed E-state index contributed by atoms with van der Waals surface area (Å²) in [5.74, 6) is -0.263. The Kier molecular flexibility index (Phi) is 9.06. The number of hydrogen-bond donors (Lipinski definition) is 1. The molecule has 0 heterocycles. The fraction of sp³-hybridized carbons (Fsp3) is 0.600. The van der Waals surface area contributed by atoms with E-state index in [0.29, 0.717) is 0 Å². The summed E-state index contributed by atoms with van der Waals surface area (Å²) in [6.07, 6.45) is 1.51. The quantitative estimate of drug-likeness (QED) is 0.281. The maximum absolute atomic E-state index is 10.1. The molecule has 1 N–H and O–H groups in total. The van der Waals surface area contributed by atoms with Crippen molar-refractivity contribution >= 4 is 39.7 Å². The molecule has 0 amide bonds. The summed E-state index contributed by atoms with van der Waals surface area (Å²) >= 11 is 0. The molecule has 4 nitrogen and oxygen atoms in total. The van der Waals surface area contributed by atoms with Gasteiger partial charge in [0.25, 0.3) is 10.1 Å². The summed E-state index contributed by atoms with van der Waals surface area (Å²) in [5, 5.41) is 0. The Labute approximate surface area is 88.7 Å². The fourth-order valence-corrected chi connectivity index (χ4v) is 0.891. The molecule has 0 aromatic carbocycles. The minimum atomic E-state index is -3.82. The van der Waals surface area contributed by atoms with E-state index in [0.717, 1.165) is 0 Å². The number of hydrogen-bond acceptors (Lipinski definition) is 3. The summed E-state index contributed by atoms with van der Waals surface area (Å²) in [4.78, 5) is 0. The van der Waals surface area contributed by atoms with Crippen LogP contribution in [0, 0.1) is 0 Å². The monoisotopic (exact) mass is 190 g/mol. The van der Waals surface area contributed by atoms with Crippen molar-refractivity contribution < 1.29 is 17.7 Å². The summed E-state index contributed by atoms with van der Waals surface area (Å²) in [6, 6.07) is 0. The SMILES string of the molecule is C=COCCCS(=O)(=O)O.[NaH]. The average Bonchev–Trinajstić information content (AvgIpc) is 1.78. The van der Waals surface area contributed by atoms with Gasteiger partial charge in [-0.1, -0.05) is 6.58 Å². The predicted molar refractivity (Wildman–Crippen MR) is 44.3 cm³/mol. The number of ether oxygens (including phenoxy) is 1. The first-order chi connectivity index (χ1) is 4.56. The van der Waals surface area contributed by atoms with E-state index in [1.54, 1.807) is 0 Å². The Hall–Kier alpha value is 0.450. The van der Waals surface area contributed by atoms with Crippen LogP contribution in [0.15, 0.2) is 12.8 Å². The normalized spacial score (nSPS) is 9.91. The Bertz CT molecular complexity index is 187. The zero-order chi connectivity index (χ0) is 8.04. The van der Waals surface area contributed by atoms with Gasteiger partial charge in [0.15, 0.2) is 0 Å².